The van der Waals surface area contributed by atoms with Gasteiger partial charge in [0.05, 0.1) is 18.5 Å². The van der Waals surface area contributed by atoms with E-state index in [0.717, 1.165) is 17.0 Å². The van der Waals surface area contributed by atoms with E-state index in [2.05, 4.69) is 5.32 Å². The van der Waals surface area contributed by atoms with Gasteiger partial charge in [-0.05, 0) is 29.1 Å². The number of carbonyl (C=O) groups excluding carboxylic acids is 1. The third-order valence-electron chi connectivity index (χ3n) is 2.69. The van der Waals surface area contributed by atoms with E-state index in [9.17, 15) is 18.0 Å². The minimum absolute atomic E-state index is 0.0729. The third-order valence-corrected chi connectivity index (χ3v) is 3.56. The molecule has 1 aromatic heterocycles. The average Bonchev–Trinajstić information content (AvgIpc) is 2.89. The molecule has 0 aliphatic carbocycles. The molecule has 1 N–H and O–H groups in total. The van der Waals surface area contributed by atoms with Crippen LogP contribution < -0.4 is 5.32 Å². The number of alkyl halides is 3. The van der Waals surface area contributed by atoms with Crippen LogP contribution in [0.4, 0.5) is 13.2 Å². The standard InChI is InChI=1S/C14H12F3NOS/c15-14(16,17)11-5-3-10(4-6-11)8-13(19)18-9-12-2-1-7-20-12/h1-7H,8-9H2,(H,18,19). The topological polar surface area (TPSA) is 29.1 Å². The SMILES string of the molecule is O=C(Cc1ccc(C(F)(F)F)cc1)NCc1cccs1. The number of nitrogens with one attached hydrogen (secondary N) is 1. The largest absolute Gasteiger partial charge is 0.416 e. The van der Waals surface area contributed by atoms with Gasteiger partial charge in [0.15, 0.2) is 0 Å². The van der Waals surface area contributed by atoms with Crippen molar-refractivity contribution >= 4 is 17.2 Å². The number of hydrogen-bond donors (Lipinski definition) is 1. The van der Waals surface area contributed by atoms with Crippen LogP contribution in [0.2, 0.25) is 0 Å². The summed E-state index contributed by atoms with van der Waals surface area (Å²) in [5.74, 6) is -0.210. The fraction of sp³-hybridized carbons (Fsp3) is 0.214. The van der Waals surface area contributed by atoms with Crippen LogP contribution in [0.25, 0.3) is 0 Å². The van der Waals surface area contributed by atoms with Crippen LogP contribution in [0.3, 0.4) is 0 Å². The van der Waals surface area contributed by atoms with Crippen molar-refractivity contribution in [3.05, 3.63) is 57.8 Å². The molecule has 0 saturated heterocycles. The molecule has 2 rings (SSSR count). The molecule has 1 heterocycles. The molecule has 6 heteroatoms. The molecule has 0 aliphatic rings. The summed E-state index contributed by atoms with van der Waals surface area (Å²) in [6, 6.07) is 8.43. The summed E-state index contributed by atoms with van der Waals surface area (Å²) in [6.07, 6.45) is -4.27. The Hall–Kier alpha value is -1.82. The van der Waals surface area contributed by atoms with E-state index in [1.165, 1.54) is 23.5 Å². The molecule has 0 spiro atoms. The van der Waals surface area contributed by atoms with Crippen LogP contribution in [-0.4, -0.2) is 5.91 Å². The summed E-state index contributed by atoms with van der Waals surface area (Å²) in [6.45, 7) is 0.442. The Morgan fingerprint density at radius 2 is 1.85 bits per heavy atom. The van der Waals surface area contributed by atoms with Crippen molar-refractivity contribution in [2.24, 2.45) is 0 Å². The van der Waals surface area contributed by atoms with Crippen molar-refractivity contribution in [2.75, 3.05) is 0 Å². The van der Waals surface area contributed by atoms with Crippen LogP contribution in [0.5, 0.6) is 0 Å². The highest BCUT2D eigenvalue weighted by atomic mass is 32.1. The van der Waals surface area contributed by atoms with Crippen LogP contribution in [0, 0.1) is 0 Å². The van der Waals surface area contributed by atoms with Gasteiger partial charge in [0.2, 0.25) is 5.91 Å². The van der Waals surface area contributed by atoms with Crippen molar-refractivity contribution in [1.82, 2.24) is 5.32 Å². The number of hydrogen-bond acceptors (Lipinski definition) is 2. The molecule has 0 fully saturated rings. The van der Waals surface area contributed by atoms with E-state index in [0.29, 0.717) is 12.1 Å². The zero-order valence-corrected chi connectivity index (χ0v) is 11.2. The number of benzene rings is 1. The zero-order chi connectivity index (χ0) is 14.6. The maximum Gasteiger partial charge on any atom is 0.416 e. The van der Waals surface area contributed by atoms with Crippen LogP contribution in [-0.2, 0) is 23.9 Å². The van der Waals surface area contributed by atoms with E-state index < -0.39 is 11.7 Å². The molecule has 2 aromatic rings. The highest BCUT2D eigenvalue weighted by Gasteiger charge is 2.29. The number of carbonyl (C=O) groups is 1. The van der Waals surface area contributed by atoms with Crippen LogP contribution in [0.15, 0.2) is 41.8 Å². The van der Waals surface area contributed by atoms with Gasteiger partial charge in [-0.25, -0.2) is 0 Å². The first-order valence-corrected chi connectivity index (χ1v) is 6.78. The predicted molar refractivity (Wildman–Crippen MR) is 71.3 cm³/mol. The lowest BCUT2D eigenvalue weighted by molar-refractivity contribution is -0.137. The Balaban J connectivity index is 1.88. The summed E-state index contributed by atoms with van der Waals surface area (Å²) in [4.78, 5) is 12.7. The van der Waals surface area contributed by atoms with Crippen LogP contribution in [0.1, 0.15) is 16.0 Å². The molecule has 106 valence electrons. The second kappa shape index (κ2) is 6.09. The van der Waals surface area contributed by atoms with Crippen LogP contribution >= 0.6 is 11.3 Å². The Bertz CT molecular complexity index is 561. The Labute approximate surface area is 118 Å². The van der Waals surface area contributed by atoms with Crippen molar-refractivity contribution in [2.45, 2.75) is 19.1 Å². The second-order valence-electron chi connectivity index (χ2n) is 4.23. The quantitative estimate of drug-likeness (QED) is 0.918. The smallest absolute Gasteiger partial charge is 0.351 e. The van der Waals surface area contributed by atoms with Gasteiger partial charge < -0.3 is 5.32 Å². The van der Waals surface area contributed by atoms with Gasteiger partial charge in [0.25, 0.3) is 0 Å². The maximum atomic E-state index is 12.4. The molecule has 0 saturated carbocycles. The third kappa shape index (κ3) is 4.09. The highest BCUT2D eigenvalue weighted by molar-refractivity contribution is 7.09. The van der Waals surface area contributed by atoms with Crippen molar-refractivity contribution in [1.29, 1.82) is 0 Å². The van der Waals surface area contributed by atoms with Gasteiger partial charge in [-0.1, -0.05) is 18.2 Å². The minimum Gasteiger partial charge on any atom is -0.351 e. The van der Waals surface area contributed by atoms with Gasteiger partial charge in [-0.2, -0.15) is 13.2 Å². The normalized spacial score (nSPS) is 11.3. The summed E-state index contributed by atoms with van der Waals surface area (Å²) >= 11 is 1.54. The number of rotatable bonds is 4. The summed E-state index contributed by atoms with van der Waals surface area (Å²) in [7, 11) is 0. The fourth-order valence-electron chi connectivity index (χ4n) is 1.66. The Morgan fingerprint density at radius 3 is 2.40 bits per heavy atom. The van der Waals surface area contributed by atoms with Crippen molar-refractivity contribution < 1.29 is 18.0 Å². The second-order valence-corrected chi connectivity index (χ2v) is 5.26. The molecular formula is C14H12F3NOS. The molecular weight excluding hydrogens is 287 g/mol. The summed E-state index contributed by atoms with van der Waals surface area (Å²) in [5.41, 5.74) is -0.151. The van der Waals surface area contributed by atoms with E-state index in [1.54, 1.807) is 0 Å². The zero-order valence-electron chi connectivity index (χ0n) is 10.4. The minimum atomic E-state index is -4.35. The highest BCUT2D eigenvalue weighted by Crippen LogP contribution is 2.29. The Morgan fingerprint density at radius 1 is 1.15 bits per heavy atom. The maximum absolute atomic E-state index is 12.4. The van der Waals surface area contributed by atoms with Gasteiger partial charge >= 0.3 is 6.18 Å². The lowest BCUT2D eigenvalue weighted by atomic mass is 10.1. The summed E-state index contributed by atoms with van der Waals surface area (Å²) in [5, 5.41) is 4.64. The molecule has 1 amide bonds. The first kappa shape index (κ1) is 14.6. The van der Waals surface area contributed by atoms with E-state index in [-0.39, 0.29) is 12.3 Å². The van der Waals surface area contributed by atoms with Gasteiger partial charge in [0.1, 0.15) is 0 Å². The monoisotopic (exact) mass is 299 g/mol. The van der Waals surface area contributed by atoms with Gasteiger partial charge in [0, 0.05) is 4.88 Å². The molecule has 0 bridgehead atoms. The molecule has 20 heavy (non-hydrogen) atoms. The number of halogens is 3. The summed E-state index contributed by atoms with van der Waals surface area (Å²) < 4.78 is 37.1. The molecule has 0 unspecified atom stereocenters. The molecule has 0 atom stereocenters. The number of thiophene rings is 1. The fourth-order valence-corrected chi connectivity index (χ4v) is 2.30. The van der Waals surface area contributed by atoms with Gasteiger partial charge in [-0.15, -0.1) is 11.3 Å². The Kier molecular flexibility index (Phi) is 4.44. The molecule has 0 aliphatic heterocycles. The molecule has 1 aromatic carbocycles. The van der Waals surface area contributed by atoms with E-state index in [1.807, 2.05) is 17.5 Å². The first-order chi connectivity index (χ1) is 9.45. The molecule has 0 radical (unpaired) electrons. The molecule has 2 nitrogen and oxygen atoms in total. The van der Waals surface area contributed by atoms with E-state index in [4.69, 9.17) is 0 Å². The lowest BCUT2D eigenvalue weighted by Gasteiger charge is -2.08. The predicted octanol–water partition coefficient (Wildman–Crippen LogP) is 3.63. The number of amides is 1. The van der Waals surface area contributed by atoms with Crippen molar-refractivity contribution in [3.63, 3.8) is 0 Å². The van der Waals surface area contributed by atoms with Gasteiger partial charge in [-0.3, -0.25) is 4.79 Å². The first-order valence-electron chi connectivity index (χ1n) is 5.90. The average molecular weight is 299 g/mol. The lowest BCUT2D eigenvalue weighted by Crippen LogP contribution is -2.24. The van der Waals surface area contributed by atoms with E-state index >= 15 is 0 Å². The van der Waals surface area contributed by atoms with Crippen molar-refractivity contribution in [3.8, 4) is 0 Å².